The Labute approximate surface area is 183 Å². The van der Waals surface area contributed by atoms with Gasteiger partial charge in [0.1, 0.15) is 11.9 Å². The van der Waals surface area contributed by atoms with Gasteiger partial charge >= 0.3 is 12.1 Å². The molecule has 0 heterocycles. The number of alkyl halides is 3. The van der Waals surface area contributed by atoms with E-state index in [2.05, 4.69) is 13.8 Å². The van der Waals surface area contributed by atoms with Crippen molar-refractivity contribution in [1.29, 1.82) is 0 Å². The van der Waals surface area contributed by atoms with E-state index in [1.807, 2.05) is 0 Å². The normalized spacial score (nSPS) is 44.7. The van der Waals surface area contributed by atoms with Crippen molar-refractivity contribution >= 4 is 11.8 Å². The predicted molar refractivity (Wildman–Crippen MR) is 111 cm³/mol. The number of carbonyl (C=O) groups excluding carboxylic acids is 2. The van der Waals surface area contributed by atoms with Gasteiger partial charge in [0.15, 0.2) is 0 Å². The van der Waals surface area contributed by atoms with Crippen LogP contribution in [0.2, 0.25) is 0 Å². The van der Waals surface area contributed by atoms with Gasteiger partial charge in [-0.25, -0.2) is 0 Å². The number of hydrogen-bond acceptors (Lipinski definition) is 3. The Balaban J connectivity index is 1.46. The van der Waals surface area contributed by atoms with Crippen molar-refractivity contribution < 1.29 is 27.5 Å². The summed E-state index contributed by atoms with van der Waals surface area (Å²) in [5.74, 6) is 1.66. The van der Waals surface area contributed by atoms with Crippen LogP contribution in [0.3, 0.4) is 0 Å². The van der Waals surface area contributed by atoms with Crippen molar-refractivity contribution in [3.8, 4) is 0 Å². The molecule has 4 saturated carbocycles. The van der Waals surface area contributed by atoms with Crippen LogP contribution in [-0.4, -0.2) is 24.0 Å². The summed E-state index contributed by atoms with van der Waals surface area (Å²) in [6, 6.07) is 0. The van der Waals surface area contributed by atoms with E-state index in [-0.39, 0.29) is 41.0 Å². The minimum Gasteiger partial charge on any atom is -0.463 e. The zero-order chi connectivity index (χ0) is 22.6. The highest BCUT2D eigenvalue weighted by Gasteiger charge is 2.61. The fraction of sp³-hybridized carbons (Fsp3) is 0.920. The van der Waals surface area contributed by atoms with Crippen LogP contribution >= 0.6 is 0 Å². The summed E-state index contributed by atoms with van der Waals surface area (Å²) in [5.41, 5.74) is 0.112. The average molecular weight is 443 g/mol. The number of ketones is 1. The quantitative estimate of drug-likeness (QED) is 0.468. The third kappa shape index (κ3) is 4.17. The Hall–Kier alpha value is -1.07. The maximum Gasteiger partial charge on any atom is 0.389 e. The number of esters is 1. The van der Waals surface area contributed by atoms with Crippen molar-refractivity contribution in [3.63, 3.8) is 0 Å². The molecule has 0 unspecified atom stereocenters. The molecule has 0 aromatic carbocycles. The molecule has 4 aliphatic rings. The first-order valence-corrected chi connectivity index (χ1v) is 12.2. The summed E-state index contributed by atoms with van der Waals surface area (Å²) < 4.78 is 43.5. The molecule has 3 nitrogen and oxygen atoms in total. The molecule has 0 aromatic heterocycles. The Morgan fingerprint density at radius 2 is 1.61 bits per heavy atom. The molecule has 0 saturated heterocycles. The molecule has 0 aliphatic heterocycles. The minimum atomic E-state index is -4.26. The monoisotopic (exact) mass is 442 g/mol. The molecule has 0 spiro atoms. The van der Waals surface area contributed by atoms with Gasteiger partial charge in [-0.2, -0.15) is 13.2 Å². The molecule has 8 atom stereocenters. The van der Waals surface area contributed by atoms with Gasteiger partial charge < -0.3 is 4.74 Å². The molecule has 0 amide bonds. The van der Waals surface area contributed by atoms with Gasteiger partial charge in [-0.1, -0.05) is 13.8 Å². The maximum absolute atomic E-state index is 12.8. The lowest BCUT2D eigenvalue weighted by Gasteiger charge is -2.61. The van der Waals surface area contributed by atoms with Crippen LogP contribution in [0.5, 0.6) is 0 Å². The Morgan fingerprint density at radius 3 is 2.29 bits per heavy atom. The largest absolute Gasteiger partial charge is 0.463 e. The molecule has 176 valence electrons. The Morgan fingerprint density at radius 1 is 0.935 bits per heavy atom. The molecule has 0 bridgehead atoms. The van der Waals surface area contributed by atoms with Crippen LogP contribution in [0.4, 0.5) is 13.2 Å². The fourth-order valence-electron chi connectivity index (χ4n) is 8.53. The summed E-state index contributed by atoms with van der Waals surface area (Å²) in [4.78, 5) is 24.2. The van der Waals surface area contributed by atoms with Crippen LogP contribution in [0.15, 0.2) is 0 Å². The van der Waals surface area contributed by atoms with Gasteiger partial charge in [0.2, 0.25) is 0 Å². The summed E-state index contributed by atoms with van der Waals surface area (Å²) in [5, 5.41) is 0. The predicted octanol–water partition coefficient (Wildman–Crippen LogP) is 6.49. The standard InChI is InChI=1S/C25H37F3O3/c1-15(29)31-17-8-11-23(2)16(14-17)4-5-18-19-6-7-21(22(30)10-13-25(26,27)28)24(19,3)12-9-20(18)23/h16-21H,4-14H2,1-3H3/t16-,17+,18-,19-,20-,21+,23-,24-/m0/s1. The second-order valence-electron chi connectivity index (χ2n) is 11.4. The molecule has 0 radical (unpaired) electrons. The molecule has 0 N–H and O–H groups in total. The summed E-state index contributed by atoms with van der Waals surface area (Å²) >= 11 is 0. The van der Waals surface area contributed by atoms with E-state index < -0.39 is 12.6 Å². The molecule has 4 aliphatic carbocycles. The van der Waals surface area contributed by atoms with E-state index in [1.165, 1.54) is 6.92 Å². The van der Waals surface area contributed by atoms with E-state index in [0.717, 1.165) is 57.8 Å². The zero-order valence-corrected chi connectivity index (χ0v) is 19.1. The number of fused-ring (bicyclic) bond motifs is 5. The van der Waals surface area contributed by atoms with Crippen molar-refractivity contribution in [1.82, 2.24) is 0 Å². The van der Waals surface area contributed by atoms with Crippen LogP contribution in [0.1, 0.15) is 91.4 Å². The van der Waals surface area contributed by atoms with Gasteiger partial charge in [0.05, 0.1) is 6.42 Å². The summed E-state index contributed by atoms with van der Waals surface area (Å²) in [6.45, 7) is 6.12. The molecular formula is C25H37F3O3. The molecule has 31 heavy (non-hydrogen) atoms. The smallest absolute Gasteiger partial charge is 0.389 e. The lowest BCUT2D eigenvalue weighted by molar-refractivity contribution is -0.161. The van der Waals surface area contributed by atoms with Crippen molar-refractivity contribution in [2.75, 3.05) is 0 Å². The van der Waals surface area contributed by atoms with Crippen LogP contribution in [0, 0.1) is 40.4 Å². The number of Topliss-reactive ketones (excluding diaryl/α,β-unsaturated/α-hetero) is 1. The van der Waals surface area contributed by atoms with Gasteiger partial charge in [0, 0.05) is 19.3 Å². The highest BCUT2D eigenvalue weighted by molar-refractivity contribution is 5.82. The summed E-state index contributed by atoms with van der Waals surface area (Å²) in [6.07, 6.45) is 3.45. The zero-order valence-electron chi connectivity index (χ0n) is 19.1. The van der Waals surface area contributed by atoms with Crippen LogP contribution in [-0.2, 0) is 14.3 Å². The number of carbonyl (C=O) groups is 2. The van der Waals surface area contributed by atoms with E-state index in [9.17, 15) is 22.8 Å². The maximum atomic E-state index is 12.8. The van der Waals surface area contributed by atoms with Gasteiger partial charge in [0.25, 0.3) is 0 Å². The molecule has 6 heteroatoms. The van der Waals surface area contributed by atoms with Gasteiger partial charge in [-0.3, -0.25) is 9.59 Å². The topological polar surface area (TPSA) is 43.4 Å². The first-order valence-electron chi connectivity index (χ1n) is 12.2. The molecule has 0 aromatic rings. The number of halogens is 3. The van der Waals surface area contributed by atoms with Crippen molar-refractivity contribution in [3.05, 3.63) is 0 Å². The first kappa shape index (κ1) is 23.1. The lowest BCUT2D eigenvalue weighted by Crippen LogP contribution is -2.54. The fourth-order valence-corrected chi connectivity index (χ4v) is 8.53. The van der Waals surface area contributed by atoms with E-state index in [1.54, 1.807) is 0 Å². The van der Waals surface area contributed by atoms with Gasteiger partial charge in [-0.05, 0) is 92.3 Å². The second kappa shape index (κ2) is 8.06. The van der Waals surface area contributed by atoms with E-state index >= 15 is 0 Å². The van der Waals surface area contributed by atoms with Crippen molar-refractivity contribution in [2.24, 2.45) is 40.4 Å². The SMILES string of the molecule is CC(=O)O[C@@H]1CC[C@@]2(C)[C@@H](CC[C@@H]3[C@@H]2CC[C@]2(C)[C@@H](C(=O)CCC(F)(F)F)CC[C@@H]32)C1. The highest BCUT2D eigenvalue weighted by Crippen LogP contribution is 2.67. The first-order chi connectivity index (χ1) is 14.4. The van der Waals surface area contributed by atoms with Crippen LogP contribution < -0.4 is 0 Å². The third-order valence-electron chi connectivity index (χ3n) is 9.99. The lowest BCUT2D eigenvalue weighted by atomic mass is 9.44. The van der Waals surface area contributed by atoms with Gasteiger partial charge in [-0.15, -0.1) is 0 Å². The van der Waals surface area contributed by atoms with E-state index in [4.69, 9.17) is 4.74 Å². The van der Waals surface area contributed by atoms with Crippen LogP contribution in [0.25, 0.3) is 0 Å². The number of hydrogen-bond donors (Lipinski definition) is 0. The van der Waals surface area contributed by atoms with E-state index in [0.29, 0.717) is 23.7 Å². The van der Waals surface area contributed by atoms with Crippen molar-refractivity contribution in [2.45, 2.75) is 104 Å². The molecular weight excluding hydrogens is 405 g/mol. The molecule has 4 fully saturated rings. The Bertz CT molecular complexity index is 719. The third-order valence-corrected chi connectivity index (χ3v) is 9.99. The molecule has 4 rings (SSSR count). The summed E-state index contributed by atoms with van der Waals surface area (Å²) in [7, 11) is 0. The highest BCUT2D eigenvalue weighted by atomic mass is 19.4. The Kier molecular flexibility index (Phi) is 6.00. The number of ether oxygens (including phenoxy) is 1. The minimum absolute atomic E-state index is 0.0445. The number of rotatable bonds is 4. The average Bonchev–Trinajstić information content (AvgIpc) is 3.03. The second-order valence-corrected chi connectivity index (χ2v) is 11.4.